The van der Waals surface area contributed by atoms with Crippen molar-refractivity contribution in [2.24, 2.45) is 7.05 Å². The molecule has 5 heteroatoms. The number of nitrogens with one attached hydrogen (secondary N) is 1. The van der Waals surface area contributed by atoms with Crippen molar-refractivity contribution in [3.63, 3.8) is 0 Å². The summed E-state index contributed by atoms with van der Waals surface area (Å²) in [6.45, 7) is 3.29. The normalized spacial score (nSPS) is 10.8. The van der Waals surface area contributed by atoms with Gasteiger partial charge in [0.05, 0.1) is 11.9 Å². The van der Waals surface area contributed by atoms with Crippen LogP contribution in [0.25, 0.3) is 0 Å². The van der Waals surface area contributed by atoms with Crippen molar-refractivity contribution in [3.05, 3.63) is 47.3 Å². The van der Waals surface area contributed by atoms with E-state index in [9.17, 15) is 4.39 Å². The van der Waals surface area contributed by atoms with Gasteiger partial charge in [-0.2, -0.15) is 5.10 Å². The largest absolute Gasteiger partial charge is 0.308 e. The van der Waals surface area contributed by atoms with Crippen LogP contribution in [0.5, 0.6) is 0 Å². The summed E-state index contributed by atoms with van der Waals surface area (Å²) >= 11 is 0. The van der Waals surface area contributed by atoms with E-state index in [-0.39, 0.29) is 5.82 Å². The monoisotopic (exact) mass is 234 g/mol. The molecular weight excluding hydrogens is 219 g/mol. The molecule has 1 N–H and O–H groups in total. The molecule has 90 valence electrons. The Bertz CT molecular complexity index is 507. The molecule has 0 saturated carbocycles. The number of nitrogens with zero attached hydrogens (tertiary/aromatic N) is 3. The first-order valence-electron chi connectivity index (χ1n) is 5.44. The zero-order valence-electron chi connectivity index (χ0n) is 9.94. The maximum atomic E-state index is 12.9. The Hall–Kier alpha value is -1.75. The summed E-state index contributed by atoms with van der Waals surface area (Å²) in [6, 6.07) is 1.48. The summed E-state index contributed by atoms with van der Waals surface area (Å²) in [7, 11) is 1.90. The highest BCUT2D eigenvalue weighted by atomic mass is 19.1. The molecule has 0 spiro atoms. The van der Waals surface area contributed by atoms with Crippen LogP contribution in [-0.4, -0.2) is 14.8 Å². The number of aryl methyl sites for hydroxylation is 2. The number of halogens is 1. The van der Waals surface area contributed by atoms with Crippen LogP contribution in [0.2, 0.25) is 0 Å². The summed E-state index contributed by atoms with van der Waals surface area (Å²) in [5.74, 6) is -0.304. The third-order valence-electron chi connectivity index (χ3n) is 2.52. The molecule has 17 heavy (non-hydrogen) atoms. The fourth-order valence-corrected chi connectivity index (χ4v) is 1.72. The number of hydrogen-bond donors (Lipinski definition) is 1. The molecule has 0 saturated heterocycles. The fourth-order valence-electron chi connectivity index (χ4n) is 1.72. The van der Waals surface area contributed by atoms with Crippen molar-refractivity contribution in [1.82, 2.24) is 20.1 Å². The Morgan fingerprint density at radius 3 is 2.82 bits per heavy atom. The van der Waals surface area contributed by atoms with E-state index in [1.807, 2.05) is 20.2 Å². The predicted molar refractivity (Wildman–Crippen MR) is 62.7 cm³/mol. The van der Waals surface area contributed by atoms with Crippen LogP contribution in [0.4, 0.5) is 4.39 Å². The van der Waals surface area contributed by atoms with E-state index < -0.39 is 0 Å². The van der Waals surface area contributed by atoms with Crippen LogP contribution in [0.1, 0.15) is 16.8 Å². The summed E-state index contributed by atoms with van der Waals surface area (Å²) in [4.78, 5) is 3.80. The molecule has 2 heterocycles. The van der Waals surface area contributed by atoms with Crippen molar-refractivity contribution in [2.75, 3.05) is 0 Å². The molecule has 2 aromatic heterocycles. The van der Waals surface area contributed by atoms with Crippen LogP contribution in [-0.2, 0) is 20.1 Å². The third-order valence-corrected chi connectivity index (χ3v) is 2.52. The molecular formula is C12H15FN4. The summed E-state index contributed by atoms with van der Waals surface area (Å²) < 4.78 is 14.7. The first-order chi connectivity index (χ1) is 8.15. The molecule has 0 atom stereocenters. The highest BCUT2D eigenvalue weighted by Crippen LogP contribution is 2.05. The average Bonchev–Trinajstić information content (AvgIpc) is 2.58. The zero-order chi connectivity index (χ0) is 12.3. The van der Waals surface area contributed by atoms with Crippen molar-refractivity contribution in [1.29, 1.82) is 0 Å². The smallest absolute Gasteiger partial charge is 0.141 e. The first kappa shape index (κ1) is 11.7. The molecule has 0 aromatic carbocycles. The van der Waals surface area contributed by atoms with E-state index in [1.165, 1.54) is 12.3 Å². The first-order valence-corrected chi connectivity index (χ1v) is 5.44. The number of aromatic nitrogens is 3. The van der Waals surface area contributed by atoms with E-state index in [2.05, 4.69) is 15.4 Å². The van der Waals surface area contributed by atoms with Crippen molar-refractivity contribution < 1.29 is 4.39 Å². The maximum Gasteiger partial charge on any atom is 0.141 e. The van der Waals surface area contributed by atoms with Gasteiger partial charge in [-0.05, 0) is 18.6 Å². The van der Waals surface area contributed by atoms with Gasteiger partial charge in [0.15, 0.2) is 0 Å². The molecule has 2 aromatic rings. The molecule has 0 radical (unpaired) electrons. The van der Waals surface area contributed by atoms with Crippen molar-refractivity contribution >= 4 is 0 Å². The lowest BCUT2D eigenvalue weighted by atomic mass is 10.2. The minimum absolute atomic E-state index is 0.304. The molecule has 0 amide bonds. The molecule has 4 nitrogen and oxygen atoms in total. The molecule has 0 aliphatic rings. The Labute approximate surface area is 99.5 Å². The maximum absolute atomic E-state index is 12.9. The van der Waals surface area contributed by atoms with E-state index in [1.54, 1.807) is 10.9 Å². The molecule has 0 fully saturated rings. The summed E-state index contributed by atoms with van der Waals surface area (Å²) in [5.41, 5.74) is 3.00. The van der Waals surface area contributed by atoms with E-state index >= 15 is 0 Å². The van der Waals surface area contributed by atoms with Crippen LogP contribution in [0.3, 0.4) is 0 Å². The van der Waals surface area contributed by atoms with Gasteiger partial charge in [0.25, 0.3) is 0 Å². The minimum atomic E-state index is -0.304. The van der Waals surface area contributed by atoms with Crippen LogP contribution < -0.4 is 5.32 Å². The van der Waals surface area contributed by atoms with Crippen LogP contribution in [0, 0.1) is 12.7 Å². The molecule has 0 bridgehead atoms. The second-order valence-corrected chi connectivity index (χ2v) is 4.03. The summed E-state index contributed by atoms with van der Waals surface area (Å²) in [6.07, 6.45) is 4.84. The molecule has 0 unspecified atom stereocenters. The van der Waals surface area contributed by atoms with E-state index in [0.29, 0.717) is 6.54 Å². The highest BCUT2D eigenvalue weighted by Gasteiger charge is 2.02. The second kappa shape index (κ2) is 5.05. The SMILES string of the molecule is Cc1nn(C)cc1CNCc1cncc(F)c1. The minimum Gasteiger partial charge on any atom is -0.308 e. The Morgan fingerprint density at radius 2 is 2.18 bits per heavy atom. The predicted octanol–water partition coefficient (Wildman–Crippen LogP) is 1.55. The Kier molecular flexibility index (Phi) is 3.49. The van der Waals surface area contributed by atoms with Crippen LogP contribution in [0.15, 0.2) is 24.7 Å². The van der Waals surface area contributed by atoms with E-state index in [4.69, 9.17) is 0 Å². The third kappa shape index (κ3) is 3.10. The quantitative estimate of drug-likeness (QED) is 0.872. The van der Waals surface area contributed by atoms with Gasteiger partial charge in [-0.1, -0.05) is 0 Å². The lowest BCUT2D eigenvalue weighted by Crippen LogP contribution is -2.13. The fraction of sp³-hybridized carbons (Fsp3) is 0.333. The standard InChI is InChI=1S/C12H15FN4/c1-9-11(8-17(2)16-9)6-14-4-10-3-12(13)7-15-5-10/h3,5,7-8,14H,4,6H2,1-2H3. The highest BCUT2D eigenvalue weighted by molar-refractivity contribution is 5.15. The van der Waals surface area contributed by atoms with Crippen molar-refractivity contribution in [3.8, 4) is 0 Å². The topological polar surface area (TPSA) is 42.7 Å². The molecule has 0 aliphatic carbocycles. The van der Waals surface area contributed by atoms with Gasteiger partial charge >= 0.3 is 0 Å². The Morgan fingerprint density at radius 1 is 1.35 bits per heavy atom. The van der Waals surface area contributed by atoms with E-state index in [0.717, 1.165) is 23.4 Å². The number of hydrogen-bond acceptors (Lipinski definition) is 3. The summed E-state index contributed by atoms with van der Waals surface area (Å²) in [5, 5.41) is 7.49. The van der Waals surface area contributed by atoms with Gasteiger partial charge in [-0.3, -0.25) is 9.67 Å². The van der Waals surface area contributed by atoms with Crippen LogP contribution >= 0.6 is 0 Å². The van der Waals surface area contributed by atoms with Gasteiger partial charge in [0, 0.05) is 38.1 Å². The van der Waals surface area contributed by atoms with Gasteiger partial charge in [-0.15, -0.1) is 0 Å². The second-order valence-electron chi connectivity index (χ2n) is 4.03. The lowest BCUT2D eigenvalue weighted by Gasteiger charge is -2.03. The van der Waals surface area contributed by atoms with Gasteiger partial charge in [0.1, 0.15) is 5.82 Å². The van der Waals surface area contributed by atoms with Gasteiger partial charge in [0.2, 0.25) is 0 Å². The zero-order valence-corrected chi connectivity index (χ0v) is 9.94. The van der Waals surface area contributed by atoms with Crippen molar-refractivity contribution in [2.45, 2.75) is 20.0 Å². The van der Waals surface area contributed by atoms with Gasteiger partial charge in [-0.25, -0.2) is 4.39 Å². The molecule has 2 rings (SSSR count). The number of rotatable bonds is 4. The van der Waals surface area contributed by atoms with Gasteiger partial charge < -0.3 is 5.32 Å². The Balaban J connectivity index is 1.89. The average molecular weight is 234 g/mol. The lowest BCUT2D eigenvalue weighted by molar-refractivity contribution is 0.612. The molecule has 0 aliphatic heterocycles. The number of pyridine rings is 1.